The van der Waals surface area contributed by atoms with Gasteiger partial charge in [0.25, 0.3) is 0 Å². The highest BCUT2D eigenvalue weighted by atomic mass is 19.1. The third kappa shape index (κ3) is 2.20. The number of nitrogens with zero attached hydrogens (tertiary/aromatic N) is 1. The predicted molar refractivity (Wildman–Crippen MR) is 65.3 cm³/mol. The Morgan fingerprint density at radius 1 is 1.18 bits per heavy atom. The second kappa shape index (κ2) is 4.49. The Morgan fingerprint density at radius 2 is 2.00 bits per heavy atom. The second-order valence-corrected chi connectivity index (χ2v) is 4.74. The summed E-state index contributed by atoms with van der Waals surface area (Å²) in [4.78, 5) is 2.42. The average molecular weight is 233 g/mol. The van der Waals surface area contributed by atoms with Gasteiger partial charge >= 0.3 is 0 Å². The van der Waals surface area contributed by atoms with Crippen LogP contribution < -0.4 is 0 Å². The molecule has 1 aliphatic heterocycles. The fourth-order valence-electron chi connectivity index (χ4n) is 2.53. The summed E-state index contributed by atoms with van der Waals surface area (Å²) in [6.07, 6.45) is 5.63. The monoisotopic (exact) mass is 233 g/mol. The second-order valence-electron chi connectivity index (χ2n) is 4.74. The van der Waals surface area contributed by atoms with Crippen LogP contribution >= 0.6 is 0 Å². The van der Waals surface area contributed by atoms with Crippen LogP contribution in [0.1, 0.15) is 24.8 Å². The van der Waals surface area contributed by atoms with Crippen molar-refractivity contribution in [2.45, 2.75) is 25.8 Å². The number of hydrogen-bond acceptors (Lipinski definition) is 2. The van der Waals surface area contributed by atoms with Crippen molar-refractivity contribution in [3.05, 3.63) is 35.8 Å². The molecule has 3 rings (SSSR count). The molecule has 1 saturated heterocycles. The molecule has 2 heterocycles. The van der Waals surface area contributed by atoms with Gasteiger partial charge in [0.05, 0.1) is 6.26 Å². The van der Waals surface area contributed by atoms with E-state index in [0.717, 1.165) is 36.2 Å². The molecule has 0 amide bonds. The molecule has 0 saturated carbocycles. The molecule has 3 heteroatoms. The molecule has 0 aliphatic carbocycles. The first-order valence-corrected chi connectivity index (χ1v) is 6.21. The van der Waals surface area contributed by atoms with E-state index in [1.807, 2.05) is 0 Å². The molecule has 2 nitrogen and oxygen atoms in total. The van der Waals surface area contributed by atoms with Gasteiger partial charge in [-0.15, -0.1) is 0 Å². The Morgan fingerprint density at radius 3 is 2.82 bits per heavy atom. The lowest BCUT2D eigenvalue weighted by atomic mass is 10.1. The summed E-state index contributed by atoms with van der Waals surface area (Å²) in [5.74, 6) is -0.196. The maximum atomic E-state index is 13.2. The van der Waals surface area contributed by atoms with Gasteiger partial charge in [-0.05, 0) is 44.1 Å². The normalized spacial score (nSPS) is 17.7. The molecule has 1 aliphatic rings. The highest BCUT2D eigenvalue weighted by Gasteiger charge is 2.14. The first-order chi connectivity index (χ1) is 8.33. The van der Waals surface area contributed by atoms with Gasteiger partial charge in [0.1, 0.15) is 11.4 Å². The lowest BCUT2D eigenvalue weighted by Crippen LogP contribution is -2.28. The van der Waals surface area contributed by atoms with Crippen LogP contribution in [0.2, 0.25) is 0 Å². The molecule has 1 aromatic heterocycles. The SMILES string of the molecule is Fc1ccc2occ(CN3CCCCC3)c2c1. The van der Waals surface area contributed by atoms with Gasteiger partial charge < -0.3 is 4.42 Å². The molecule has 1 aromatic carbocycles. The van der Waals surface area contributed by atoms with Crippen LogP contribution in [0.5, 0.6) is 0 Å². The number of rotatable bonds is 2. The molecule has 2 aromatic rings. The lowest BCUT2D eigenvalue weighted by molar-refractivity contribution is 0.221. The van der Waals surface area contributed by atoms with Gasteiger partial charge in [0.2, 0.25) is 0 Å². The molecule has 0 unspecified atom stereocenters. The Labute approximate surface area is 100 Å². The predicted octanol–water partition coefficient (Wildman–Crippen LogP) is 3.56. The van der Waals surface area contributed by atoms with Crippen molar-refractivity contribution < 1.29 is 8.81 Å². The van der Waals surface area contributed by atoms with E-state index in [0.29, 0.717) is 0 Å². The molecular formula is C14H16FNO. The van der Waals surface area contributed by atoms with E-state index < -0.39 is 0 Å². The van der Waals surface area contributed by atoms with Crippen molar-refractivity contribution in [3.63, 3.8) is 0 Å². The summed E-state index contributed by atoms with van der Waals surface area (Å²) < 4.78 is 18.7. The van der Waals surface area contributed by atoms with Gasteiger partial charge in [-0.25, -0.2) is 4.39 Å². The Kier molecular flexibility index (Phi) is 2.85. The number of benzene rings is 1. The van der Waals surface area contributed by atoms with Gasteiger partial charge in [-0.1, -0.05) is 6.42 Å². The van der Waals surface area contributed by atoms with Crippen LogP contribution in [0.3, 0.4) is 0 Å². The topological polar surface area (TPSA) is 16.4 Å². The highest BCUT2D eigenvalue weighted by Crippen LogP contribution is 2.24. The Hall–Kier alpha value is -1.35. The van der Waals surface area contributed by atoms with Crippen LogP contribution in [0, 0.1) is 5.82 Å². The van der Waals surface area contributed by atoms with Crippen molar-refractivity contribution in [2.75, 3.05) is 13.1 Å². The van der Waals surface area contributed by atoms with Crippen molar-refractivity contribution in [1.29, 1.82) is 0 Å². The molecule has 0 spiro atoms. The van der Waals surface area contributed by atoms with Gasteiger partial charge in [0, 0.05) is 17.5 Å². The van der Waals surface area contributed by atoms with Crippen molar-refractivity contribution >= 4 is 11.0 Å². The van der Waals surface area contributed by atoms with Crippen LogP contribution in [-0.2, 0) is 6.54 Å². The molecule has 0 N–H and O–H groups in total. The largest absolute Gasteiger partial charge is 0.464 e. The molecular weight excluding hydrogens is 217 g/mol. The summed E-state index contributed by atoms with van der Waals surface area (Å²) in [6, 6.07) is 4.71. The molecule has 0 bridgehead atoms. The first-order valence-electron chi connectivity index (χ1n) is 6.21. The fourth-order valence-corrected chi connectivity index (χ4v) is 2.53. The van der Waals surface area contributed by atoms with Crippen LogP contribution in [0.15, 0.2) is 28.9 Å². The number of halogens is 1. The quantitative estimate of drug-likeness (QED) is 0.788. The van der Waals surface area contributed by atoms with Crippen molar-refractivity contribution in [1.82, 2.24) is 4.90 Å². The summed E-state index contributed by atoms with van der Waals surface area (Å²) in [5, 5.41) is 0.913. The van der Waals surface area contributed by atoms with E-state index >= 15 is 0 Å². The van der Waals surface area contributed by atoms with E-state index in [9.17, 15) is 4.39 Å². The smallest absolute Gasteiger partial charge is 0.134 e. The van der Waals surface area contributed by atoms with E-state index in [4.69, 9.17) is 4.42 Å². The minimum absolute atomic E-state index is 0.196. The van der Waals surface area contributed by atoms with Crippen molar-refractivity contribution in [3.8, 4) is 0 Å². The summed E-state index contributed by atoms with van der Waals surface area (Å²) in [7, 11) is 0. The van der Waals surface area contributed by atoms with E-state index in [1.165, 1.54) is 25.3 Å². The molecule has 90 valence electrons. The lowest BCUT2D eigenvalue weighted by Gasteiger charge is -2.25. The number of hydrogen-bond donors (Lipinski definition) is 0. The molecule has 0 atom stereocenters. The van der Waals surface area contributed by atoms with Crippen LogP contribution in [0.4, 0.5) is 4.39 Å². The number of fused-ring (bicyclic) bond motifs is 1. The molecule has 0 radical (unpaired) electrons. The average Bonchev–Trinajstić information content (AvgIpc) is 2.73. The Bertz CT molecular complexity index is 514. The number of piperidine rings is 1. The first kappa shape index (κ1) is 10.8. The summed E-state index contributed by atoms with van der Waals surface area (Å²) >= 11 is 0. The zero-order valence-corrected chi connectivity index (χ0v) is 9.79. The van der Waals surface area contributed by atoms with Crippen molar-refractivity contribution in [2.24, 2.45) is 0 Å². The minimum atomic E-state index is -0.196. The maximum Gasteiger partial charge on any atom is 0.134 e. The van der Waals surface area contributed by atoms with E-state index in [1.54, 1.807) is 18.4 Å². The molecule has 1 fully saturated rings. The Balaban J connectivity index is 1.86. The fraction of sp³-hybridized carbons (Fsp3) is 0.429. The van der Waals surface area contributed by atoms with E-state index in [-0.39, 0.29) is 5.82 Å². The van der Waals surface area contributed by atoms with Crippen LogP contribution in [-0.4, -0.2) is 18.0 Å². The number of likely N-dealkylation sites (tertiary alicyclic amines) is 1. The summed E-state index contributed by atoms with van der Waals surface area (Å²) in [6.45, 7) is 3.15. The standard InChI is InChI=1S/C14H16FNO/c15-12-4-5-14-13(8-12)11(10-17-14)9-16-6-2-1-3-7-16/h4-5,8,10H,1-3,6-7,9H2. The molecule has 17 heavy (non-hydrogen) atoms. The zero-order valence-electron chi connectivity index (χ0n) is 9.79. The van der Waals surface area contributed by atoms with Gasteiger partial charge in [0.15, 0.2) is 0 Å². The number of furan rings is 1. The van der Waals surface area contributed by atoms with Gasteiger partial charge in [-0.3, -0.25) is 4.90 Å². The highest BCUT2D eigenvalue weighted by molar-refractivity contribution is 5.80. The third-order valence-corrected chi connectivity index (χ3v) is 3.46. The minimum Gasteiger partial charge on any atom is -0.464 e. The van der Waals surface area contributed by atoms with E-state index in [2.05, 4.69) is 4.90 Å². The van der Waals surface area contributed by atoms with Gasteiger partial charge in [-0.2, -0.15) is 0 Å². The summed E-state index contributed by atoms with van der Waals surface area (Å²) in [5.41, 5.74) is 1.87. The zero-order chi connectivity index (χ0) is 11.7. The van der Waals surface area contributed by atoms with Crippen LogP contribution in [0.25, 0.3) is 11.0 Å². The maximum absolute atomic E-state index is 13.2. The third-order valence-electron chi connectivity index (χ3n) is 3.46.